The van der Waals surface area contributed by atoms with E-state index in [1.165, 1.54) is 6.08 Å². The molecule has 0 radical (unpaired) electrons. The van der Waals surface area contributed by atoms with Crippen molar-refractivity contribution in [2.24, 2.45) is 0 Å². The van der Waals surface area contributed by atoms with Crippen LogP contribution in [-0.2, 0) is 4.43 Å². The normalized spacial score (nSPS) is 18.1. The third-order valence-electron chi connectivity index (χ3n) is 2.65. The standard InChI is InChI=1S/C10H22O2Si/c1-8-10(5,11)12-13(6,7)9(2,3)4/h8,11H,1H2,2-7H3. The van der Waals surface area contributed by atoms with Crippen LogP contribution in [0.3, 0.4) is 0 Å². The Morgan fingerprint density at radius 1 is 1.23 bits per heavy atom. The monoisotopic (exact) mass is 202 g/mol. The van der Waals surface area contributed by atoms with Crippen LogP contribution in [-0.4, -0.2) is 19.2 Å². The molecule has 0 fully saturated rings. The molecule has 13 heavy (non-hydrogen) atoms. The maximum atomic E-state index is 9.72. The Labute approximate surface area is 82.7 Å². The van der Waals surface area contributed by atoms with Crippen molar-refractivity contribution < 1.29 is 9.53 Å². The number of hydrogen-bond donors (Lipinski definition) is 1. The van der Waals surface area contributed by atoms with Gasteiger partial charge < -0.3 is 9.53 Å². The van der Waals surface area contributed by atoms with Crippen LogP contribution in [0, 0.1) is 0 Å². The first kappa shape index (κ1) is 12.9. The molecular weight excluding hydrogens is 180 g/mol. The number of hydrogen-bond acceptors (Lipinski definition) is 2. The van der Waals surface area contributed by atoms with Crippen molar-refractivity contribution in [3.05, 3.63) is 12.7 Å². The van der Waals surface area contributed by atoms with E-state index < -0.39 is 14.1 Å². The third-order valence-corrected chi connectivity index (χ3v) is 7.18. The minimum Gasteiger partial charge on any atom is -0.387 e. The summed E-state index contributed by atoms with van der Waals surface area (Å²) in [5.74, 6) is -1.19. The summed E-state index contributed by atoms with van der Waals surface area (Å²) >= 11 is 0. The Balaban J connectivity index is 4.61. The number of rotatable bonds is 3. The van der Waals surface area contributed by atoms with Gasteiger partial charge in [0, 0.05) is 0 Å². The van der Waals surface area contributed by atoms with E-state index in [1.807, 2.05) is 0 Å². The van der Waals surface area contributed by atoms with Gasteiger partial charge in [-0.1, -0.05) is 27.4 Å². The molecule has 0 spiro atoms. The lowest BCUT2D eigenvalue weighted by atomic mass is 10.2. The van der Waals surface area contributed by atoms with E-state index in [2.05, 4.69) is 40.4 Å². The zero-order valence-electron chi connectivity index (χ0n) is 9.64. The van der Waals surface area contributed by atoms with Gasteiger partial charge >= 0.3 is 0 Å². The molecule has 0 aromatic rings. The largest absolute Gasteiger partial charge is 0.387 e. The van der Waals surface area contributed by atoms with Crippen LogP contribution in [0.5, 0.6) is 0 Å². The Morgan fingerprint density at radius 2 is 1.62 bits per heavy atom. The SMILES string of the molecule is C=CC(C)(O)O[Si](C)(C)C(C)(C)C. The van der Waals surface area contributed by atoms with Crippen LogP contribution in [0.2, 0.25) is 18.1 Å². The van der Waals surface area contributed by atoms with Gasteiger partial charge in [-0.05, 0) is 31.1 Å². The van der Waals surface area contributed by atoms with Crippen LogP contribution in [0.1, 0.15) is 27.7 Å². The summed E-state index contributed by atoms with van der Waals surface area (Å²) in [6.07, 6.45) is 1.44. The lowest BCUT2D eigenvalue weighted by Crippen LogP contribution is -2.47. The van der Waals surface area contributed by atoms with Crippen molar-refractivity contribution in [2.45, 2.75) is 51.6 Å². The van der Waals surface area contributed by atoms with Gasteiger partial charge in [-0.25, -0.2) is 0 Å². The number of aliphatic hydroxyl groups is 1. The zero-order chi connectivity index (χ0) is 10.9. The van der Waals surface area contributed by atoms with Crippen molar-refractivity contribution in [1.82, 2.24) is 0 Å². The molecule has 0 aliphatic heterocycles. The van der Waals surface area contributed by atoms with Crippen LogP contribution >= 0.6 is 0 Å². The van der Waals surface area contributed by atoms with Crippen LogP contribution in [0.25, 0.3) is 0 Å². The highest BCUT2D eigenvalue weighted by Gasteiger charge is 2.41. The van der Waals surface area contributed by atoms with Gasteiger partial charge in [-0.3, -0.25) is 0 Å². The quantitative estimate of drug-likeness (QED) is 0.433. The minimum atomic E-state index is -1.88. The van der Waals surface area contributed by atoms with Gasteiger partial charge in [0.2, 0.25) is 0 Å². The highest BCUT2D eigenvalue weighted by atomic mass is 28.4. The molecule has 1 atom stereocenters. The van der Waals surface area contributed by atoms with E-state index in [-0.39, 0.29) is 5.04 Å². The van der Waals surface area contributed by atoms with Crippen molar-refractivity contribution in [3.8, 4) is 0 Å². The maximum absolute atomic E-state index is 9.72. The summed E-state index contributed by atoms with van der Waals surface area (Å²) in [7, 11) is -1.88. The fourth-order valence-corrected chi connectivity index (χ4v) is 2.13. The van der Waals surface area contributed by atoms with Crippen molar-refractivity contribution in [1.29, 1.82) is 0 Å². The molecule has 0 aromatic heterocycles. The van der Waals surface area contributed by atoms with Crippen molar-refractivity contribution in [3.63, 3.8) is 0 Å². The fourth-order valence-electron chi connectivity index (χ4n) is 0.711. The average Bonchev–Trinajstić information content (AvgIpc) is 1.83. The van der Waals surface area contributed by atoms with E-state index in [1.54, 1.807) is 6.92 Å². The van der Waals surface area contributed by atoms with E-state index in [9.17, 15) is 5.11 Å². The summed E-state index contributed by atoms with van der Waals surface area (Å²) in [5.41, 5.74) is 0. The molecule has 0 aromatic carbocycles. The Kier molecular flexibility index (Phi) is 3.52. The molecule has 0 rings (SSSR count). The lowest BCUT2D eigenvalue weighted by Gasteiger charge is -2.40. The molecule has 1 unspecified atom stereocenters. The fraction of sp³-hybridized carbons (Fsp3) is 0.800. The summed E-state index contributed by atoms with van der Waals surface area (Å²) in [5, 5.41) is 9.83. The molecule has 0 aliphatic rings. The molecule has 0 bridgehead atoms. The smallest absolute Gasteiger partial charge is 0.196 e. The highest BCUT2D eigenvalue weighted by Crippen LogP contribution is 2.38. The maximum Gasteiger partial charge on any atom is 0.196 e. The molecule has 1 N–H and O–H groups in total. The van der Waals surface area contributed by atoms with E-state index >= 15 is 0 Å². The average molecular weight is 202 g/mol. The molecule has 0 saturated carbocycles. The van der Waals surface area contributed by atoms with Gasteiger partial charge in [0.15, 0.2) is 14.1 Å². The molecule has 0 aliphatic carbocycles. The predicted octanol–water partition coefficient (Wildman–Crippen LogP) is 2.90. The van der Waals surface area contributed by atoms with Crippen molar-refractivity contribution >= 4 is 8.32 Å². The Bertz CT molecular complexity index is 190. The molecule has 2 nitrogen and oxygen atoms in total. The summed E-state index contributed by atoms with van der Waals surface area (Å²) in [4.78, 5) is 0. The first-order valence-corrected chi connectivity index (χ1v) is 7.49. The Morgan fingerprint density at radius 3 is 1.85 bits per heavy atom. The van der Waals surface area contributed by atoms with Crippen molar-refractivity contribution in [2.75, 3.05) is 0 Å². The van der Waals surface area contributed by atoms with E-state index in [4.69, 9.17) is 4.43 Å². The molecule has 0 heterocycles. The van der Waals surface area contributed by atoms with Crippen LogP contribution < -0.4 is 0 Å². The molecule has 78 valence electrons. The second kappa shape index (κ2) is 3.56. The lowest BCUT2D eigenvalue weighted by molar-refractivity contribution is -0.0876. The first-order valence-electron chi connectivity index (χ1n) is 4.58. The second-order valence-electron chi connectivity index (χ2n) is 5.12. The van der Waals surface area contributed by atoms with Gasteiger partial charge in [0.1, 0.15) is 0 Å². The molecule has 3 heteroatoms. The van der Waals surface area contributed by atoms with Gasteiger partial charge in [0.25, 0.3) is 0 Å². The van der Waals surface area contributed by atoms with Crippen LogP contribution in [0.4, 0.5) is 0 Å². The molecule has 0 saturated heterocycles. The van der Waals surface area contributed by atoms with E-state index in [0.717, 1.165) is 0 Å². The summed E-state index contributed by atoms with van der Waals surface area (Å²) < 4.78 is 5.72. The van der Waals surface area contributed by atoms with E-state index in [0.29, 0.717) is 0 Å². The summed E-state index contributed by atoms with van der Waals surface area (Å²) in [6.45, 7) is 15.8. The first-order chi connectivity index (χ1) is 5.52. The predicted molar refractivity (Wildman–Crippen MR) is 59.1 cm³/mol. The summed E-state index contributed by atoms with van der Waals surface area (Å²) in [6, 6.07) is 0. The Hall–Kier alpha value is -0.123. The van der Waals surface area contributed by atoms with Crippen LogP contribution in [0.15, 0.2) is 12.7 Å². The van der Waals surface area contributed by atoms with Gasteiger partial charge in [0.05, 0.1) is 0 Å². The van der Waals surface area contributed by atoms with Gasteiger partial charge in [-0.2, -0.15) is 0 Å². The van der Waals surface area contributed by atoms with Gasteiger partial charge in [-0.15, -0.1) is 0 Å². The molecule has 0 amide bonds. The minimum absolute atomic E-state index is 0.111. The third kappa shape index (κ3) is 3.63. The molecular formula is C10H22O2Si. The second-order valence-corrected chi connectivity index (χ2v) is 9.85. The topological polar surface area (TPSA) is 29.5 Å². The zero-order valence-corrected chi connectivity index (χ0v) is 10.6. The highest BCUT2D eigenvalue weighted by molar-refractivity contribution is 6.74.